The molecule has 0 aromatic carbocycles. The summed E-state index contributed by atoms with van der Waals surface area (Å²) in [5, 5.41) is 11.2. The Morgan fingerprint density at radius 2 is 2.29 bits per heavy atom. The van der Waals surface area contributed by atoms with Gasteiger partial charge in [-0.15, -0.1) is 0 Å². The average Bonchev–Trinajstić information content (AvgIpc) is 2.81. The van der Waals surface area contributed by atoms with Crippen molar-refractivity contribution in [2.24, 2.45) is 5.92 Å². The number of carbonyl (C=O) groups is 3. The molecule has 2 rings (SSSR count). The van der Waals surface area contributed by atoms with Crippen LogP contribution in [0.2, 0.25) is 0 Å². The number of carbonyl (C=O) groups excluding carboxylic acids is 2. The molecule has 0 radical (unpaired) electrons. The highest BCUT2D eigenvalue weighted by Crippen LogP contribution is 2.20. The minimum absolute atomic E-state index is 0.102. The molecule has 1 unspecified atom stereocenters. The van der Waals surface area contributed by atoms with E-state index in [9.17, 15) is 14.4 Å². The van der Waals surface area contributed by atoms with Crippen molar-refractivity contribution in [1.29, 1.82) is 0 Å². The topological polar surface area (TPSA) is 99.6 Å². The molecule has 1 aliphatic heterocycles. The van der Waals surface area contributed by atoms with Crippen LogP contribution < -0.4 is 5.32 Å². The number of aromatic nitrogens is 1. The summed E-state index contributed by atoms with van der Waals surface area (Å²) in [6.07, 6.45) is 1.75. The van der Waals surface area contributed by atoms with Crippen molar-refractivity contribution in [2.75, 3.05) is 6.54 Å². The van der Waals surface area contributed by atoms with Gasteiger partial charge in [0.1, 0.15) is 6.04 Å². The summed E-state index contributed by atoms with van der Waals surface area (Å²) in [4.78, 5) is 40.3. The molecular formula is C14H17N3O4. The first-order valence-corrected chi connectivity index (χ1v) is 6.68. The van der Waals surface area contributed by atoms with Crippen molar-refractivity contribution >= 4 is 17.8 Å². The fourth-order valence-electron chi connectivity index (χ4n) is 2.18. The molecule has 112 valence electrons. The summed E-state index contributed by atoms with van der Waals surface area (Å²) in [5.74, 6) is -2.13. The van der Waals surface area contributed by atoms with E-state index in [0.717, 1.165) is 5.69 Å². The quantitative estimate of drug-likeness (QED) is 0.796. The van der Waals surface area contributed by atoms with Crippen LogP contribution >= 0.6 is 0 Å². The molecule has 1 aliphatic rings. The van der Waals surface area contributed by atoms with Gasteiger partial charge in [0.2, 0.25) is 11.8 Å². The second-order valence-electron chi connectivity index (χ2n) is 5.06. The lowest BCUT2D eigenvalue weighted by atomic mass is 10.1. The van der Waals surface area contributed by atoms with Crippen LogP contribution in [-0.2, 0) is 20.9 Å². The predicted molar refractivity (Wildman–Crippen MR) is 73.0 cm³/mol. The molecule has 0 bridgehead atoms. The molecule has 1 saturated heterocycles. The summed E-state index contributed by atoms with van der Waals surface area (Å²) in [6, 6.07) is 4.48. The molecule has 21 heavy (non-hydrogen) atoms. The second-order valence-corrected chi connectivity index (χ2v) is 5.06. The van der Waals surface area contributed by atoms with Crippen LogP contribution in [0.1, 0.15) is 19.0 Å². The fourth-order valence-corrected chi connectivity index (χ4v) is 2.18. The Balaban J connectivity index is 1.93. The third-order valence-electron chi connectivity index (χ3n) is 3.39. The molecular weight excluding hydrogens is 274 g/mol. The van der Waals surface area contributed by atoms with Crippen molar-refractivity contribution in [3.63, 3.8) is 0 Å². The van der Waals surface area contributed by atoms with Gasteiger partial charge in [-0.05, 0) is 19.1 Å². The number of carboxylic acid groups (broad SMARTS) is 1. The van der Waals surface area contributed by atoms with Crippen molar-refractivity contribution in [2.45, 2.75) is 25.9 Å². The van der Waals surface area contributed by atoms with Gasteiger partial charge in [-0.2, -0.15) is 0 Å². The maximum atomic E-state index is 11.9. The van der Waals surface area contributed by atoms with E-state index in [1.165, 1.54) is 6.92 Å². The van der Waals surface area contributed by atoms with Gasteiger partial charge in [0.15, 0.2) is 0 Å². The molecule has 1 aromatic heterocycles. The van der Waals surface area contributed by atoms with Crippen molar-refractivity contribution < 1.29 is 19.5 Å². The van der Waals surface area contributed by atoms with Crippen LogP contribution in [0.15, 0.2) is 24.4 Å². The molecule has 2 amide bonds. The van der Waals surface area contributed by atoms with Crippen LogP contribution in [0.25, 0.3) is 0 Å². The van der Waals surface area contributed by atoms with Gasteiger partial charge in [0.25, 0.3) is 0 Å². The van der Waals surface area contributed by atoms with Crippen LogP contribution in [-0.4, -0.2) is 45.4 Å². The molecule has 7 nitrogen and oxygen atoms in total. The number of hydrogen-bond acceptors (Lipinski definition) is 4. The smallest absolute Gasteiger partial charge is 0.325 e. The van der Waals surface area contributed by atoms with Gasteiger partial charge in [-0.3, -0.25) is 19.4 Å². The zero-order valence-electron chi connectivity index (χ0n) is 11.7. The molecule has 2 atom stereocenters. The van der Waals surface area contributed by atoms with Gasteiger partial charge in [-0.1, -0.05) is 6.07 Å². The SMILES string of the molecule is C[C@@H](NC(=O)C1CC(=O)N(Cc2ccccn2)C1)C(=O)O. The highest BCUT2D eigenvalue weighted by atomic mass is 16.4. The number of carboxylic acids is 1. The Hall–Kier alpha value is -2.44. The Morgan fingerprint density at radius 1 is 1.52 bits per heavy atom. The number of nitrogens with zero attached hydrogens (tertiary/aromatic N) is 2. The number of likely N-dealkylation sites (tertiary alicyclic amines) is 1. The second kappa shape index (κ2) is 6.34. The van der Waals surface area contributed by atoms with E-state index >= 15 is 0 Å². The van der Waals surface area contributed by atoms with Crippen LogP contribution in [0.3, 0.4) is 0 Å². The largest absolute Gasteiger partial charge is 0.480 e. The standard InChI is InChI=1S/C14H17N3O4/c1-9(14(20)21)16-13(19)10-6-12(18)17(7-10)8-11-4-2-3-5-15-11/h2-5,9-10H,6-8H2,1H3,(H,16,19)(H,20,21)/t9-,10?/m1/s1. The fraction of sp³-hybridized carbons (Fsp3) is 0.429. The Morgan fingerprint density at radius 3 is 2.90 bits per heavy atom. The van der Waals surface area contributed by atoms with E-state index < -0.39 is 23.8 Å². The van der Waals surface area contributed by atoms with Crippen LogP contribution in [0.5, 0.6) is 0 Å². The molecule has 2 N–H and O–H groups in total. The average molecular weight is 291 g/mol. The lowest BCUT2D eigenvalue weighted by Crippen LogP contribution is -2.42. The van der Waals surface area contributed by atoms with Crippen molar-refractivity contribution in [1.82, 2.24) is 15.2 Å². The van der Waals surface area contributed by atoms with Crippen molar-refractivity contribution in [3.8, 4) is 0 Å². The molecule has 1 fully saturated rings. The van der Waals surface area contributed by atoms with Gasteiger partial charge in [0, 0.05) is 19.2 Å². The number of hydrogen-bond donors (Lipinski definition) is 2. The van der Waals surface area contributed by atoms with Gasteiger partial charge >= 0.3 is 5.97 Å². The number of amides is 2. The predicted octanol–water partition coefficient (Wildman–Crippen LogP) is 0.0194. The number of nitrogens with one attached hydrogen (secondary N) is 1. The Kier molecular flexibility index (Phi) is 4.52. The zero-order valence-corrected chi connectivity index (χ0v) is 11.7. The molecule has 2 heterocycles. The lowest BCUT2D eigenvalue weighted by molar-refractivity contribution is -0.141. The van der Waals surface area contributed by atoms with E-state index in [1.54, 1.807) is 17.2 Å². The highest BCUT2D eigenvalue weighted by Gasteiger charge is 2.35. The van der Waals surface area contributed by atoms with Gasteiger partial charge < -0.3 is 15.3 Å². The van der Waals surface area contributed by atoms with E-state index in [2.05, 4.69) is 10.3 Å². The zero-order chi connectivity index (χ0) is 15.4. The number of aliphatic carboxylic acids is 1. The summed E-state index contributed by atoms with van der Waals surface area (Å²) in [6.45, 7) is 2.04. The number of pyridine rings is 1. The van der Waals surface area contributed by atoms with E-state index in [0.29, 0.717) is 6.54 Å². The third kappa shape index (κ3) is 3.77. The Labute approximate surface area is 122 Å². The molecule has 0 spiro atoms. The molecule has 1 aromatic rings. The van der Waals surface area contributed by atoms with Gasteiger partial charge in [-0.25, -0.2) is 0 Å². The first-order valence-electron chi connectivity index (χ1n) is 6.68. The maximum absolute atomic E-state index is 11.9. The van der Waals surface area contributed by atoms with Crippen LogP contribution in [0, 0.1) is 5.92 Å². The minimum atomic E-state index is -1.10. The normalized spacial score (nSPS) is 19.4. The summed E-state index contributed by atoms with van der Waals surface area (Å²) < 4.78 is 0. The monoisotopic (exact) mass is 291 g/mol. The lowest BCUT2D eigenvalue weighted by Gasteiger charge is -2.16. The minimum Gasteiger partial charge on any atom is -0.480 e. The summed E-state index contributed by atoms with van der Waals surface area (Å²) in [7, 11) is 0. The third-order valence-corrected chi connectivity index (χ3v) is 3.39. The summed E-state index contributed by atoms with van der Waals surface area (Å²) in [5.41, 5.74) is 0.755. The first kappa shape index (κ1) is 15.0. The number of rotatable bonds is 5. The van der Waals surface area contributed by atoms with E-state index in [1.807, 2.05) is 12.1 Å². The van der Waals surface area contributed by atoms with E-state index in [4.69, 9.17) is 5.11 Å². The highest BCUT2D eigenvalue weighted by molar-refractivity contribution is 5.91. The van der Waals surface area contributed by atoms with E-state index in [-0.39, 0.29) is 18.9 Å². The maximum Gasteiger partial charge on any atom is 0.325 e. The molecule has 0 aliphatic carbocycles. The molecule has 0 saturated carbocycles. The first-order chi connectivity index (χ1) is 9.97. The Bertz CT molecular complexity index is 546. The summed E-state index contributed by atoms with van der Waals surface area (Å²) >= 11 is 0. The van der Waals surface area contributed by atoms with Gasteiger partial charge in [0.05, 0.1) is 18.2 Å². The van der Waals surface area contributed by atoms with Crippen LogP contribution in [0.4, 0.5) is 0 Å². The molecule has 7 heteroatoms. The van der Waals surface area contributed by atoms with Crippen molar-refractivity contribution in [3.05, 3.63) is 30.1 Å².